The molecule has 0 heterocycles. The molecule has 15 heavy (non-hydrogen) atoms. The number of aliphatic hydroxyl groups excluding tert-OH is 2. The van der Waals surface area contributed by atoms with Crippen LogP contribution < -0.4 is 0 Å². The van der Waals surface area contributed by atoms with E-state index in [1.54, 1.807) is 0 Å². The van der Waals surface area contributed by atoms with Gasteiger partial charge in [0.25, 0.3) is 0 Å². The zero-order chi connectivity index (χ0) is 12.0. The summed E-state index contributed by atoms with van der Waals surface area (Å²) in [5.41, 5.74) is 0. The quantitative estimate of drug-likeness (QED) is 0.273. The Hall–Kier alpha value is -0.375. The summed E-state index contributed by atoms with van der Waals surface area (Å²) in [6.07, 6.45) is 0. The first-order valence-electron chi connectivity index (χ1n) is 3.33. The summed E-state index contributed by atoms with van der Waals surface area (Å²) >= 11 is 6.83. The molecule has 0 aliphatic rings. The topological polar surface area (TPSA) is 115 Å². The van der Waals surface area contributed by atoms with Crippen LogP contribution in [0.3, 0.4) is 0 Å². The largest absolute Gasteiger partial charge is 0.481 e. The van der Waals surface area contributed by atoms with Crippen LogP contribution in [0.2, 0.25) is 0 Å². The molecular weight excluding hydrogens is 243 g/mol. The van der Waals surface area contributed by atoms with Gasteiger partial charge in [0.2, 0.25) is 0 Å². The lowest BCUT2D eigenvalue weighted by molar-refractivity contribution is -0.134. The van der Waals surface area contributed by atoms with Gasteiger partial charge in [0, 0.05) is 8.41 Å². The summed E-state index contributed by atoms with van der Waals surface area (Å²) in [5.74, 6) is -1.93. The number of hydrogen-bond donors (Lipinski definition) is 6. The minimum atomic E-state index is -0.881. The third kappa shape index (κ3) is 86.1. The monoisotopic (exact) mass is 257 g/mol. The van der Waals surface area contributed by atoms with Crippen molar-refractivity contribution in [3.05, 3.63) is 0 Å². The van der Waals surface area contributed by atoms with Crippen molar-refractivity contribution in [1.82, 2.24) is 0 Å². The second-order valence-corrected chi connectivity index (χ2v) is 2.18. The van der Waals surface area contributed by atoms with Gasteiger partial charge in [-0.1, -0.05) is 0 Å². The van der Waals surface area contributed by atoms with E-state index >= 15 is 0 Å². The van der Waals surface area contributed by atoms with E-state index in [0.29, 0.717) is 0 Å². The van der Waals surface area contributed by atoms with Crippen molar-refractivity contribution < 1.29 is 30.0 Å². The maximum atomic E-state index is 9.29. The maximum Gasteiger partial charge on any atom is 0.313 e. The molecule has 0 saturated carbocycles. The molecule has 0 rings (SSSR count). The Morgan fingerprint density at radius 1 is 0.867 bits per heavy atom. The van der Waals surface area contributed by atoms with Crippen molar-refractivity contribution >= 4 is 45.6 Å². The molecule has 89 valence electrons. The van der Waals surface area contributed by atoms with Gasteiger partial charge in [0.15, 0.2) is 0 Å². The molecule has 0 aliphatic heterocycles. The Bertz CT molecular complexity index is 130. The Labute approximate surface area is 101 Å². The van der Waals surface area contributed by atoms with Gasteiger partial charge in [-0.3, -0.25) is 9.59 Å². The third-order valence-corrected chi connectivity index (χ3v) is 0.912. The lowest BCUT2D eigenvalue weighted by atomic mass is 10.8. The van der Waals surface area contributed by atoms with Crippen molar-refractivity contribution in [2.75, 3.05) is 24.7 Å². The minimum Gasteiger partial charge on any atom is -0.481 e. The molecule has 0 aliphatic carbocycles. The lowest BCUT2D eigenvalue weighted by Gasteiger charge is -1.71. The van der Waals surface area contributed by atoms with Gasteiger partial charge in [-0.05, 0) is 0 Å². The van der Waals surface area contributed by atoms with Gasteiger partial charge in [-0.2, -0.15) is 25.3 Å². The summed E-state index contributed by atoms with van der Waals surface area (Å²) in [7, 11) is 0. The van der Waals surface area contributed by atoms with Crippen molar-refractivity contribution in [3.63, 3.8) is 0 Å². The summed E-state index contributed by atoms with van der Waals surface area (Å²) in [4.78, 5) is 18.6. The van der Waals surface area contributed by atoms with E-state index in [2.05, 4.69) is 25.3 Å². The molecule has 0 aromatic rings. The predicted octanol–water partition coefficient (Wildman–Crippen LogP) is -1.41. The van der Waals surface area contributed by atoms with Crippen LogP contribution in [-0.2, 0) is 9.59 Å². The molecule has 0 aromatic carbocycles. The van der Waals surface area contributed by atoms with E-state index in [4.69, 9.17) is 20.4 Å². The normalized spacial score (nSPS) is 6.93. The lowest BCUT2D eigenvalue weighted by Crippen LogP contribution is -1.92. The predicted molar refractivity (Wildman–Crippen MR) is 62.9 cm³/mol. The van der Waals surface area contributed by atoms with Crippen LogP contribution in [0, 0.1) is 0 Å². The number of rotatable bonds is 3. The Kier molecular flexibility index (Phi) is 37.6. The number of carbonyl (C=O) groups is 2. The molecule has 3 radical (unpaired) electrons. The molecule has 9 heteroatoms. The summed E-state index contributed by atoms with van der Waals surface area (Å²) in [5, 5.41) is 30.5. The molecule has 0 spiro atoms. The standard InChI is InChI=1S/2C2H4O2S.C2H6O2.B/c2*3-2(4)1-5;3-1-2-4;/h2*5H,1H2,(H,3,4);3-4H,1-2H2;. The fourth-order valence-corrected chi connectivity index (χ4v) is 0. The van der Waals surface area contributed by atoms with E-state index in [-0.39, 0.29) is 33.1 Å². The third-order valence-electron chi connectivity index (χ3n) is 0.371. The number of thiol groups is 2. The second kappa shape index (κ2) is 23.4. The number of carboxylic acid groups (broad SMARTS) is 2. The van der Waals surface area contributed by atoms with Gasteiger partial charge in [0.05, 0.1) is 24.7 Å². The highest BCUT2D eigenvalue weighted by atomic mass is 32.1. The highest BCUT2D eigenvalue weighted by Crippen LogP contribution is 1.66. The molecule has 0 unspecified atom stereocenters. The molecule has 0 fully saturated rings. The number of aliphatic hydroxyl groups is 2. The maximum absolute atomic E-state index is 9.29. The van der Waals surface area contributed by atoms with Crippen LogP contribution in [0.25, 0.3) is 0 Å². The van der Waals surface area contributed by atoms with Crippen LogP contribution in [0.4, 0.5) is 0 Å². The fourth-order valence-electron chi connectivity index (χ4n) is 0. The van der Waals surface area contributed by atoms with Crippen LogP contribution in [0.1, 0.15) is 0 Å². The molecule has 4 N–H and O–H groups in total. The van der Waals surface area contributed by atoms with E-state index in [9.17, 15) is 9.59 Å². The van der Waals surface area contributed by atoms with Crippen molar-refractivity contribution in [1.29, 1.82) is 0 Å². The van der Waals surface area contributed by atoms with Gasteiger partial charge < -0.3 is 20.4 Å². The van der Waals surface area contributed by atoms with Crippen LogP contribution >= 0.6 is 25.3 Å². The smallest absolute Gasteiger partial charge is 0.313 e. The van der Waals surface area contributed by atoms with E-state index in [0.717, 1.165) is 0 Å². The van der Waals surface area contributed by atoms with Gasteiger partial charge >= 0.3 is 11.9 Å². The van der Waals surface area contributed by atoms with Crippen molar-refractivity contribution in [2.45, 2.75) is 0 Å². The second-order valence-electron chi connectivity index (χ2n) is 1.55. The molecule has 0 atom stereocenters. The molecule has 0 aromatic heterocycles. The minimum absolute atomic E-state index is 0. The first-order chi connectivity index (χ1) is 6.45. The number of carboxylic acids is 2. The zero-order valence-corrected chi connectivity index (χ0v) is 9.69. The molecule has 6 nitrogen and oxygen atoms in total. The van der Waals surface area contributed by atoms with Crippen LogP contribution in [0.15, 0.2) is 0 Å². The first-order valence-corrected chi connectivity index (χ1v) is 4.59. The van der Waals surface area contributed by atoms with Crippen molar-refractivity contribution in [3.8, 4) is 0 Å². The molecule has 0 bridgehead atoms. The molecular formula is C6H14BO6S2. The van der Waals surface area contributed by atoms with Gasteiger partial charge in [-0.15, -0.1) is 0 Å². The Morgan fingerprint density at radius 2 is 1.00 bits per heavy atom. The number of hydrogen-bond acceptors (Lipinski definition) is 6. The van der Waals surface area contributed by atoms with Crippen LogP contribution in [0.5, 0.6) is 0 Å². The van der Waals surface area contributed by atoms with E-state index in [1.165, 1.54) is 0 Å². The highest BCUT2D eigenvalue weighted by molar-refractivity contribution is 7.81. The highest BCUT2D eigenvalue weighted by Gasteiger charge is 1.82. The molecule has 0 saturated heterocycles. The van der Waals surface area contributed by atoms with Crippen LogP contribution in [-0.4, -0.2) is 65.5 Å². The van der Waals surface area contributed by atoms with E-state index in [1.807, 2.05) is 0 Å². The molecule has 0 amide bonds. The van der Waals surface area contributed by atoms with Gasteiger partial charge in [-0.25, -0.2) is 0 Å². The Morgan fingerprint density at radius 3 is 1.00 bits per heavy atom. The fraction of sp³-hybridized carbons (Fsp3) is 0.667. The summed E-state index contributed by atoms with van der Waals surface area (Å²) in [6.45, 7) is -0.250. The van der Waals surface area contributed by atoms with Crippen molar-refractivity contribution in [2.24, 2.45) is 0 Å². The SMILES string of the molecule is O=C(O)CS.O=C(O)CS.OCCO.[B]. The zero-order valence-electron chi connectivity index (χ0n) is 7.91. The summed E-state index contributed by atoms with van der Waals surface area (Å²) in [6, 6.07) is 0. The average Bonchev–Trinajstić information content (AvgIpc) is 2.19. The Balaban J connectivity index is -0.0000000590. The summed E-state index contributed by atoms with van der Waals surface area (Å²) < 4.78 is 0. The average molecular weight is 257 g/mol. The number of aliphatic carboxylic acids is 2. The van der Waals surface area contributed by atoms with E-state index < -0.39 is 11.9 Å². The first kappa shape index (κ1) is 24.0. The van der Waals surface area contributed by atoms with Gasteiger partial charge in [0.1, 0.15) is 0 Å².